The predicted octanol–water partition coefficient (Wildman–Crippen LogP) is 3.02. The Labute approximate surface area is 113 Å². The normalized spacial score (nSPS) is 23.6. The number of hydrogen-bond acceptors (Lipinski definition) is 3. The molecule has 0 radical (unpaired) electrons. The molecular formula is C16H20N2O. The fraction of sp³-hybridized carbons (Fsp3) is 0.438. The lowest BCUT2D eigenvalue weighted by Crippen LogP contribution is -2.32. The first-order chi connectivity index (χ1) is 9.33. The van der Waals surface area contributed by atoms with E-state index in [1.807, 2.05) is 30.5 Å². The number of nitrogens with zero attached hydrogens (tertiary/aromatic N) is 1. The van der Waals surface area contributed by atoms with Crippen LogP contribution in [-0.2, 0) is 11.3 Å². The molecule has 0 spiro atoms. The first kappa shape index (κ1) is 12.6. The van der Waals surface area contributed by atoms with Crippen LogP contribution in [0.1, 0.15) is 31.2 Å². The zero-order chi connectivity index (χ0) is 13.1. The summed E-state index contributed by atoms with van der Waals surface area (Å²) in [4.78, 5) is 4.37. The Morgan fingerprint density at radius 2 is 2.11 bits per heavy atom. The second-order valence-corrected chi connectivity index (χ2v) is 5.35. The van der Waals surface area contributed by atoms with Crippen LogP contribution < -0.4 is 5.73 Å². The molecule has 2 N–H and O–H groups in total. The first-order valence-corrected chi connectivity index (χ1v) is 7.03. The van der Waals surface area contributed by atoms with E-state index in [9.17, 15) is 0 Å². The summed E-state index contributed by atoms with van der Waals surface area (Å²) in [6.07, 6.45) is 6.62. The maximum absolute atomic E-state index is 6.04. The van der Waals surface area contributed by atoms with Crippen LogP contribution in [0.25, 0.3) is 10.9 Å². The van der Waals surface area contributed by atoms with Crippen molar-refractivity contribution in [1.82, 2.24) is 4.98 Å². The van der Waals surface area contributed by atoms with Gasteiger partial charge in [0.25, 0.3) is 0 Å². The van der Waals surface area contributed by atoms with E-state index in [4.69, 9.17) is 10.5 Å². The molecule has 1 aromatic heterocycles. The summed E-state index contributed by atoms with van der Waals surface area (Å²) in [6.45, 7) is 0.653. The lowest BCUT2D eigenvalue weighted by Gasteiger charge is -2.26. The Hall–Kier alpha value is -1.45. The van der Waals surface area contributed by atoms with Crippen molar-refractivity contribution >= 4 is 10.9 Å². The number of nitrogens with two attached hydrogens (primary N) is 1. The third kappa shape index (κ3) is 2.94. The summed E-state index contributed by atoms with van der Waals surface area (Å²) < 4.78 is 6.04. The maximum Gasteiger partial charge on any atom is 0.0727 e. The Morgan fingerprint density at radius 1 is 1.21 bits per heavy atom. The average molecular weight is 256 g/mol. The molecule has 2 aromatic rings. The van der Waals surface area contributed by atoms with Crippen molar-refractivity contribution in [2.45, 2.75) is 44.4 Å². The molecule has 19 heavy (non-hydrogen) atoms. The van der Waals surface area contributed by atoms with Crippen molar-refractivity contribution < 1.29 is 4.74 Å². The van der Waals surface area contributed by atoms with E-state index in [2.05, 4.69) is 11.1 Å². The van der Waals surface area contributed by atoms with Gasteiger partial charge in [-0.15, -0.1) is 0 Å². The largest absolute Gasteiger partial charge is 0.373 e. The molecule has 100 valence electrons. The van der Waals surface area contributed by atoms with Gasteiger partial charge in [0.2, 0.25) is 0 Å². The topological polar surface area (TPSA) is 48.1 Å². The SMILES string of the molecule is NC1CCCC(OCc2ccnc3ccccc23)C1. The van der Waals surface area contributed by atoms with Crippen LogP contribution in [0.2, 0.25) is 0 Å². The Kier molecular flexibility index (Phi) is 3.76. The van der Waals surface area contributed by atoms with Crippen molar-refractivity contribution in [3.63, 3.8) is 0 Å². The van der Waals surface area contributed by atoms with E-state index in [1.54, 1.807) is 0 Å². The monoisotopic (exact) mass is 256 g/mol. The number of ether oxygens (including phenoxy) is 1. The van der Waals surface area contributed by atoms with Crippen LogP contribution in [0, 0.1) is 0 Å². The molecule has 1 fully saturated rings. The van der Waals surface area contributed by atoms with Crippen LogP contribution in [0.5, 0.6) is 0 Å². The van der Waals surface area contributed by atoms with Gasteiger partial charge in [-0.1, -0.05) is 18.2 Å². The number of fused-ring (bicyclic) bond motifs is 1. The number of hydrogen-bond donors (Lipinski definition) is 1. The minimum absolute atomic E-state index is 0.313. The summed E-state index contributed by atoms with van der Waals surface area (Å²) >= 11 is 0. The summed E-state index contributed by atoms with van der Waals surface area (Å²) in [5, 5.41) is 1.19. The highest BCUT2D eigenvalue weighted by Gasteiger charge is 2.19. The molecule has 2 atom stereocenters. The second-order valence-electron chi connectivity index (χ2n) is 5.35. The van der Waals surface area contributed by atoms with Gasteiger partial charge in [0.1, 0.15) is 0 Å². The molecule has 1 saturated carbocycles. The van der Waals surface area contributed by atoms with Crippen LogP contribution in [0.3, 0.4) is 0 Å². The number of rotatable bonds is 3. The molecule has 1 aliphatic carbocycles. The van der Waals surface area contributed by atoms with Crippen molar-refractivity contribution in [2.75, 3.05) is 0 Å². The highest BCUT2D eigenvalue weighted by molar-refractivity contribution is 5.81. The quantitative estimate of drug-likeness (QED) is 0.918. The van der Waals surface area contributed by atoms with Gasteiger partial charge in [-0.05, 0) is 43.4 Å². The van der Waals surface area contributed by atoms with Crippen molar-refractivity contribution in [1.29, 1.82) is 0 Å². The molecular weight excluding hydrogens is 236 g/mol. The zero-order valence-electron chi connectivity index (χ0n) is 11.1. The number of aromatic nitrogens is 1. The van der Waals surface area contributed by atoms with Gasteiger partial charge in [0.05, 0.1) is 18.2 Å². The minimum Gasteiger partial charge on any atom is -0.373 e. The smallest absolute Gasteiger partial charge is 0.0727 e. The van der Waals surface area contributed by atoms with E-state index in [-0.39, 0.29) is 0 Å². The van der Waals surface area contributed by atoms with Gasteiger partial charge < -0.3 is 10.5 Å². The molecule has 3 rings (SSSR count). The summed E-state index contributed by atoms with van der Waals surface area (Å²) in [6, 6.07) is 10.6. The van der Waals surface area contributed by atoms with Crippen molar-refractivity contribution in [2.24, 2.45) is 5.73 Å². The lowest BCUT2D eigenvalue weighted by molar-refractivity contribution is 0.0128. The van der Waals surface area contributed by atoms with E-state index >= 15 is 0 Å². The molecule has 0 amide bonds. The maximum atomic E-state index is 6.04. The molecule has 3 heteroatoms. The number of para-hydroxylation sites is 1. The molecule has 2 unspecified atom stereocenters. The standard InChI is InChI=1S/C16H20N2O/c17-13-4-3-5-14(10-13)19-11-12-8-9-18-16-7-2-1-6-15(12)16/h1-2,6-9,13-14H,3-5,10-11,17H2. The van der Waals surface area contributed by atoms with Crippen LogP contribution in [0.15, 0.2) is 36.5 Å². The third-order valence-corrected chi connectivity index (χ3v) is 3.88. The fourth-order valence-electron chi connectivity index (χ4n) is 2.82. The summed E-state index contributed by atoms with van der Waals surface area (Å²) in [7, 11) is 0. The molecule has 0 aliphatic heterocycles. The van der Waals surface area contributed by atoms with Crippen LogP contribution in [0.4, 0.5) is 0 Å². The van der Waals surface area contributed by atoms with E-state index in [0.717, 1.165) is 24.8 Å². The van der Waals surface area contributed by atoms with Gasteiger partial charge in [-0.25, -0.2) is 0 Å². The minimum atomic E-state index is 0.313. The molecule has 3 nitrogen and oxygen atoms in total. The lowest BCUT2D eigenvalue weighted by atomic mass is 9.93. The first-order valence-electron chi connectivity index (χ1n) is 7.03. The fourth-order valence-corrected chi connectivity index (χ4v) is 2.82. The van der Waals surface area contributed by atoms with Gasteiger partial charge in [0.15, 0.2) is 0 Å². The molecule has 0 bridgehead atoms. The average Bonchev–Trinajstić information content (AvgIpc) is 2.45. The van der Waals surface area contributed by atoms with Gasteiger partial charge >= 0.3 is 0 Å². The summed E-state index contributed by atoms with van der Waals surface area (Å²) in [5.74, 6) is 0. The van der Waals surface area contributed by atoms with Crippen LogP contribution in [-0.4, -0.2) is 17.1 Å². The van der Waals surface area contributed by atoms with Gasteiger partial charge in [-0.3, -0.25) is 4.98 Å². The van der Waals surface area contributed by atoms with Gasteiger partial charge in [0, 0.05) is 17.6 Å². The molecule has 1 aromatic carbocycles. The number of benzene rings is 1. The van der Waals surface area contributed by atoms with Crippen molar-refractivity contribution in [3.8, 4) is 0 Å². The Bertz CT molecular complexity index is 550. The number of pyridine rings is 1. The Balaban J connectivity index is 1.71. The molecule has 1 heterocycles. The second kappa shape index (κ2) is 5.68. The van der Waals surface area contributed by atoms with Crippen molar-refractivity contribution in [3.05, 3.63) is 42.1 Å². The molecule has 1 aliphatic rings. The highest BCUT2D eigenvalue weighted by atomic mass is 16.5. The van der Waals surface area contributed by atoms with Gasteiger partial charge in [-0.2, -0.15) is 0 Å². The highest BCUT2D eigenvalue weighted by Crippen LogP contribution is 2.23. The summed E-state index contributed by atoms with van der Waals surface area (Å²) in [5.41, 5.74) is 8.24. The predicted molar refractivity (Wildman–Crippen MR) is 76.8 cm³/mol. The zero-order valence-corrected chi connectivity index (χ0v) is 11.1. The third-order valence-electron chi connectivity index (χ3n) is 3.88. The molecule has 0 saturated heterocycles. The van der Waals surface area contributed by atoms with E-state index < -0.39 is 0 Å². The Morgan fingerprint density at radius 3 is 3.00 bits per heavy atom. The van der Waals surface area contributed by atoms with Crippen LogP contribution >= 0.6 is 0 Å². The van der Waals surface area contributed by atoms with E-state index in [0.29, 0.717) is 18.8 Å². The van der Waals surface area contributed by atoms with E-state index in [1.165, 1.54) is 17.4 Å².